The van der Waals surface area contributed by atoms with Crippen molar-refractivity contribution in [2.75, 3.05) is 11.5 Å². The Hall–Kier alpha value is -1.96. The smallest absolute Gasteiger partial charge is 0.335 e. The second kappa shape index (κ2) is 4.55. The molecule has 0 aliphatic carbocycles. The third-order valence-electron chi connectivity index (χ3n) is 3.52. The van der Waals surface area contributed by atoms with Crippen LogP contribution in [0.3, 0.4) is 0 Å². The fourth-order valence-corrected chi connectivity index (χ4v) is 4.34. The van der Waals surface area contributed by atoms with Crippen LogP contribution in [0.15, 0.2) is 18.2 Å². The zero-order chi connectivity index (χ0) is 14.3. The molecule has 1 aromatic carbocycles. The number of hydrogen-bond donors (Lipinski definition) is 1. The predicted molar refractivity (Wildman–Crippen MR) is 71.2 cm³/mol. The Kier molecular flexibility index (Phi) is 2.97. The number of rotatable bonds is 3. The Morgan fingerprint density at radius 1 is 1.45 bits per heavy atom. The fourth-order valence-electron chi connectivity index (χ4n) is 2.49. The first kappa shape index (κ1) is 13.0. The number of aromatic nitrogens is 3. The normalized spacial score (nSPS) is 21.3. The van der Waals surface area contributed by atoms with Gasteiger partial charge in [0.2, 0.25) is 0 Å². The summed E-state index contributed by atoms with van der Waals surface area (Å²) in [6.07, 6.45) is 0.613. The molecule has 8 heteroatoms. The van der Waals surface area contributed by atoms with Crippen LogP contribution in [0.2, 0.25) is 0 Å². The van der Waals surface area contributed by atoms with E-state index in [1.807, 2.05) is 0 Å². The van der Waals surface area contributed by atoms with Crippen molar-refractivity contribution in [1.29, 1.82) is 0 Å². The van der Waals surface area contributed by atoms with Crippen LogP contribution in [0, 0.1) is 5.92 Å². The lowest BCUT2D eigenvalue weighted by molar-refractivity contribution is 0.0697. The molecule has 0 amide bonds. The third-order valence-corrected chi connectivity index (χ3v) is 5.36. The van der Waals surface area contributed by atoms with Crippen molar-refractivity contribution in [1.82, 2.24) is 15.0 Å². The van der Waals surface area contributed by atoms with Crippen LogP contribution in [-0.4, -0.2) is 46.0 Å². The second-order valence-electron chi connectivity index (χ2n) is 5.05. The van der Waals surface area contributed by atoms with E-state index in [0.29, 0.717) is 24.0 Å². The van der Waals surface area contributed by atoms with Crippen LogP contribution in [0.4, 0.5) is 0 Å². The molecule has 0 saturated carbocycles. The zero-order valence-electron chi connectivity index (χ0n) is 10.6. The number of aromatic carboxylic acids is 1. The van der Waals surface area contributed by atoms with E-state index in [-0.39, 0.29) is 23.0 Å². The van der Waals surface area contributed by atoms with Crippen molar-refractivity contribution in [3.63, 3.8) is 0 Å². The van der Waals surface area contributed by atoms with E-state index in [4.69, 9.17) is 5.11 Å². The Morgan fingerprint density at radius 2 is 2.25 bits per heavy atom. The maximum Gasteiger partial charge on any atom is 0.335 e. The Labute approximate surface area is 115 Å². The molecule has 1 unspecified atom stereocenters. The van der Waals surface area contributed by atoms with Gasteiger partial charge in [-0.15, -0.1) is 5.10 Å². The minimum atomic E-state index is -2.93. The molecule has 2 aromatic rings. The molecule has 0 bridgehead atoms. The van der Waals surface area contributed by atoms with Crippen molar-refractivity contribution in [3.05, 3.63) is 23.8 Å². The molecule has 20 heavy (non-hydrogen) atoms. The van der Waals surface area contributed by atoms with Gasteiger partial charge >= 0.3 is 5.97 Å². The van der Waals surface area contributed by atoms with Gasteiger partial charge in [0.15, 0.2) is 9.84 Å². The summed E-state index contributed by atoms with van der Waals surface area (Å²) in [5, 5.41) is 17.0. The lowest BCUT2D eigenvalue weighted by atomic mass is 10.1. The zero-order valence-corrected chi connectivity index (χ0v) is 11.4. The minimum absolute atomic E-state index is 0.0124. The molecule has 3 rings (SSSR count). The molecule has 0 spiro atoms. The van der Waals surface area contributed by atoms with Gasteiger partial charge in [-0.1, -0.05) is 5.21 Å². The number of carbonyl (C=O) groups is 1. The van der Waals surface area contributed by atoms with Crippen molar-refractivity contribution < 1.29 is 18.3 Å². The Morgan fingerprint density at radius 3 is 2.90 bits per heavy atom. The molecule has 0 radical (unpaired) electrons. The van der Waals surface area contributed by atoms with E-state index in [9.17, 15) is 13.2 Å². The molecule has 1 atom stereocenters. The van der Waals surface area contributed by atoms with Crippen LogP contribution in [0.1, 0.15) is 16.8 Å². The van der Waals surface area contributed by atoms with Gasteiger partial charge in [-0.2, -0.15) is 0 Å². The lowest BCUT2D eigenvalue weighted by Gasteiger charge is -2.08. The fraction of sp³-hybridized carbons (Fsp3) is 0.417. The van der Waals surface area contributed by atoms with E-state index >= 15 is 0 Å². The maximum atomic E-state index is 11.5. The minimum Gasteiger partial charge on any atom is -0.478 e. The van der Waals surface area contributed by atoms with Gasteiger partial charge in [0, 0.05) is 6.54 Å². The van der Waals surface area contributed by atoms with Gasteiger partial charge in [0.1, 0.15) is 5.52 Å². The first-order valence-electron chi connectivity index (χ1n) is 6.21. The van der Waals surface area contributed by atoms with Crippen LogP contribution in [-0.2, 0) is 16.4 Å². The van der Waals surface area contributed by atoms with E-state index < -0.39 is 15.8 Å². The summed E-state index contributed by atoms with van der Waals surface area (Å²) in [6, 6.07) is 4.60. The number of nitrogens with zero attached hydrogens (tertiary/aromatic N) is 3. The summed E-state index contributed by atoms with van der Waals surface area (Å²) in [7, 11) is -2.93. The van der Waals surface area contributed by atoms with Gasteiger partial charge in [-0.05, 0) is 30.5 Å². The first-order valence-corrected chi connectivity index (χ1v) is 8.04. The molecular formula is C12H13N3O4S. The standard InChI is InChI=1S/C12H13N3O4S/c16-12(17)9-1-2-10-11(5-9)15(14-13-10)6-8-3-4-20(18,19)7-8/h1-2,5,8H,3-4,6-7H2,(H,16,17). The van der Waals surface area contributed by atoms with E-state index in [1.165, 1.54) is 12.1 Å². The molecule has 2 heterocycles. The summed E-state index contributed by atoms with van der Waals surface area (Å²) in [5.74, 6) is -0.626. The average molecular weight is 295 g/mol. The average Bonchev–Trinajstić information content (AvgIpc) is 2.93. The SMILES string of the molecule is O=C(O)c1ccc2nnn(CC3CCS(=O)(=O)C3)c2c1. The molecule has 1 N–H and O–H groups in total. The number of carboxylic acids is 1. The number of fused-ring (bicyclic) bond motifs is 1. The quantitative estimate of drug-likeness (QED) is 0.887. The van der Waals surface area contributed by atoms with Gasteiger partial charge in [-0.3, -0.25) is 0 Å². The monoisotopic (exact) mass is 295 g/mol. The molecule has 1 aliphatic heterocycles. The van der Waals surface area contributed by atoms with Crippen LogP contribution in [0.25, 0.3) is 11.0 Å². The summed E-state index contributed by atoms with van der Waals surface area (Å²) in [5.41, 5.74) is 1.39. The molecule has 1 saturated heterocycles. The summed E-state index contributed by atoms with van der Waals surface area (Å²) in [4.78, 5) is 11.0. The highest BCUT2D eigenvalue weighted by molar-refractivity contribution is 7.91. The largest absolute Gasteiger partial charge is 0.478 e. The molecule has 1 fully saturated rings. The van der Waals surface area contributed by atoms with E-state index in [2.05, 4.69) is 10.3 Å². The van der Waals surface area contributed by atoms with Gasteiger partial charge < -0.3 is 5.11 Å². The number of hydrogen-bond acceptors (Lipinski definition) is 5. The van der Waals surface area contributed by atoms with Crippen molar-refractivity contribution >= 4 is 26.8 Å². The van der Waals surface area contributed by atoms with Crippen molar-refractivity contribution in [3.8, 4) is 0 Å². The lowest BCUT2D eigenvalue weighted by Crippen LogP contribution is -2.13. The van der Waals surface area contributed by atoms with Gasteiger partial charge in [0.05, 0.1) is 22.6 Å². The highest BCUT2D eigenvalue weighted by Crippen LogP contribution is 2.22. The highest BCUT2D eigenvalue weighted by atomic mass is 32.2. The van der Waals surface area contributed by atoms with E-state index in [1.54, 1.807) is 10.7 Å². The number of sulfone groups is 1. The number of benzene rings is 1. The summed E-state index contributed by atoms with van der Waals surface area (Å²) >= 11 is 0. The topological polar surface area (TPSA) is 102 Å². The summed E-state index contributed by atoms with van der Waals surface area (Å²) in [6.45, 7) is 0.443. The third kappa shape index (κ3) is 2.38. The van der Waals surface area contributed by atoms with Gasteiger partial charge in [0.25, 0.3) is 0 Å². The van der Waals surface area contributed by atoms with Crippen LogP contribution < -0.4 is 0 Å². The highest BCUT2D eigenvalue weighted by Gasteiger charge is 2.28. The number of carboxylic acid groups (broad SMARTS) is 1. The summed E-state index contributed by atoms with van der Waals surface area (Å²) < 4.78 is 24.5. The Balaban J connectivity index is 1.92. The molecule has 7 nitrogen and oxygen atoms in total. The maximum absolute atomic E-state index is 11.5. The first-order chi connectivity index (χ1) is 9.44. The van der Waals surface area contributed by atoms with E-state index in [0.717, 1.165) is 0 Å². The van der Waals surface area contributed by atoms with Crippen molar-refractivity contribution in [2.45, 2.75) is 13.0 Å². The van der Waals surface area contributed by atoms with Crippen LogP contribution >= 0.6 is 0 Å². The van der Waals surface area contributed by atoms with Crippen LogP contribution in [0.5, 0.6) is 0 Å². The molecule has 1 aliphatic rings. The second-order valence-corrected chi connectivity index (χ2v) is 7.28. The molecule has 106 valence electrons. The predicted octanol–water partition coefficient (Wildman–Crippen LogP) is 0.564. The molecule has 1 aromatic heterocycles. The van der Waals surface area contributed by atoms with Gasteiger partial charge in [-0.25, -0.2) is 17.9 Å². The van der Waals surface area contributed by atoms with Crippen molar-refractivity contribution in [2.24, 2.45) is 5.92 Å². The Bertz CT molecular complexity index is 781. The molecular weight excluding hydrogens is 282 g/mol.